The fraction of sp³-hybridized carbons (Fsp3) is 0.915. The van der Waals surface area contributed by atoms with Crippen molar-refractivity contribution in [3.05, 3.63) is 11.6 Å². The largest absolute Gasteiger partial charge is 0.481 e. The molecule has 8 rings (SSSR count). The summed E-state index contributed by atoms with van der Waals surface area (Å²) in [4.78, 5) is 27.2. The van der Waals surface area contributed by atoms with E-state index in [1.165, 1.54) is 5.57 Å². The molecule has 0 aromatic carbocycles. The van der Waals surface area contributed by atoms with Crippen molar-refractivity contribution in [3.8, 4) is 0 Å². The standard InChI is InChI=1S/C47H74O18/c1-42(2)14-16-47(41(58)59)17-15-45(6)21(22(47)18-42)8-9-26-44(5)12-11-27(43(3,4)25(44)10-13-46(26,45)7)62-40-34(56)31(53)35(63-38-32(54)29(51)24(20-49)60-38)36(64-40)37(57)65-39-33(55)30(52)28(50)23(19-48)61-39/h8,22-36,38-40,48-56H,9-20H2,1-7H3,(H,58,59). The quantitative estimate of drug-likeness (QED) is 0.0872. The second kappa shape index (κ2) is 17.2. The van der Waals surface area contributed by atoms with Gasteiger partial charge in [0.2, 0.25) is 6.29 Å². The number of aliphatic carboxylic acids is 1. The van der Waals surface area contributed by atoms with Crippen LogP contribution in [0.15, 0.2) is 11.6 Å². The van der Waals surface area contributed by atoms with Crippen LogP contribution < -0.4 is 0 Å². The molecule has 3 aliphatic heterocycles. The van der Waals surface area contributed by atoms with E-state index >= 15 is 0 Å². The molecule has 18 heteroatoms. The molecule has 0 aromatic rings. The van der Waals surface area contributed by atoms with E-state index in [1.54, 1.807) is 0 Å². The van der Waals surface area contributed by atoms with Gasteiger partial charge in [-0.2, -0.15) is 0 Å². The van der Waals surface area contributed by atoms with E-state index in [0.717, 1.165) is 44.9 Å². The molecule has 22 atom stereocenters. The van der Waals surface area contributed by atoms with Crippen LogP contribution in [0.3, 0.4) is 0 Å². The second-order valence-corrected chi connectivity index (χ2v) is 23.0. The zero-order chi connectivity index (χ0) is 47.6. The third kappa shape index (κ3) is 7.67. The number of hydrogen-bond acceptors (Lipinski definition) is 17. The number of ether oxygens (including phenoxy) is 6. The summed E-state index contributed by atoms with van der Waals surface area (Å²) < 4.78 is 34.8. The lowest BCUT2D eigenvalue weighted by Crippen LogP contribution is -2.66. The fourth-order valence-electron chi connectivity index (χ4n) is 14.8. The molecule has 18 nitrogen and oxygen atoms in total. The monoisotopic (exact) mass is 926 g/mol. The number of esters is 1. The fourth-order valence-corrected chi connectivity index (χ4v) is 14.8. The summed E-state index contributed by atoms with van der Waals surface area (Å²) in [6, 6.07) is 0. The van der Waals surface area contributed by atoms with Crippen molar-refractivity contribution in [2.24, 2.45) is 50.2 Å². The zero-order valence-corrected chi connectivity index (χ0v) is 38.7. The van der Waals surface area contributed by atoms with Gasteiger partial charge in [-0.3, -0.25) is 4.79 Å². The Kier molecular flexibility index (Phi) is 13.1. The molecule has 4 saturated carbocycles. The van der Waals surface area contributed by atoms with Crippen LogP contribution in [-0.2, 0) is 38.0 Å². The average Bonchev–Trinajstić information content (AvgIpc) is 3.52. The Morgan fingerprint density at radius 2 is 1.25 bits per heavy atom. The highest BCUT2D eigenvalue weighted by Crippen LogP contribution is 2.76. The molecule has 5 aliphatic carbocycles. The summed E-state index contributed by atoms with van der Waals surface area (Å²) >= 11 is 0. The van der Waals surface area contributed by atoms with E-state index < -0.39 is 128 Å². The third-order valence-electron chi connectivity index (χ3n) is 18.9. The van der Waals surface area contributed by atoms with Crippen LogP contribution >= 0.6 is 0 Å². The summed E-state index contributed by atoms with van der Waals surface area (Å²) in [6.07, 6.45) is -15.0. The van der Waals surface area contributed by atoms with Crippen LogP contribution in [0.25, 0.3) is 0 Å². The zero-order valence-electron chi connectivity index (χ0n) is 38.7. The third-order valence-corrected chi connectivity index (χ3v) is 18.9. The number of carboxylic acid groups (broad SMARTS) is 1. The maximum atomic E-state index is 14.0. The van der Waals surface area contributed by atoms with Gasteiger partial charge >= 0.3 is 11.9 Å². The van der Waals surface area contributed by atoms with Gasteiger partial charge in [0, 0.05) is 0 Å². The molecule has 10 N–H and O–H groups in total. The molecule has 22 unspecified atom stereocenters. The predicted octanol–water partition coefficient (Wildman–Crippen LogP) is 0.872. The first-order chi connectivity index (χ1) is 30.3. The molecule has 7 fully saturated rings. The van der Waals surface area contributed by atoms with Crippen molar-refractivity contribution < 1.29 is 89.1 Å². The molecular weight excluding hydrogens is 852 g/mol. The van der Waals surface area contributed by atoms with E-state index in [-0.39, 0.29) is 39.4 Å². The Labute approximate surface area is 380 Å². The van der Waals surface area contributed by atoms with E-state index in [1.807, 2.05) is 0 Å². The van der Waals surface area contributed by atoms with Gasteiger partial charge in [0.1, 0.15) is 61.0 Å². The van der Waals surface area contributed by atoms with Crippen LogP contribution in [0.1, 0.15) is 113 Å². The van der Waals surface area contributed by atoms with Crippen molar-refractivity contribution >= 4 is 11.9 Å². The molecule has 370 valence electrons. The minimum absolute atomic E-state index is 0.00762. The normalized spacial score (nSPS) is 52.5. The number of fused-ring (bicyclic) bond motifs is 7. The minimum atomic E-state index is -1.98. The first-order valence-corrected chi connectivity index (χ1v) is 23.7. The lowest BCUT2D eigenvalue weighted by atomic mass is 9.33. The van der Waals surface area contributed by atoms with Crippen LogP contribution in [0.2, 0.25) is 0 Å². The predicted molar refractivity (Wildman–Crippen MR) is 225 cm³/mol. The molecular formula is C47H74O18. The van der Waals surface area contributed by atoms with Gasteiger partial charge in [-0.1, -0.05) is 60.1 Å². The lowest BCUT2D eigenvalue weighted by Gasteiger charge is -2.71. The van der Waals surface area contributed by atoms with Gasteiger partial charge in [0.05, 0.1) is 24.7 Å². The molecule has 0 spiro atoms. The van der Waals surface area contributed by atoms with E-state index in [9.17, 15) is 60.7 Å². The summed E-state index contributed by atoms with van der Waals surface area (Å²) in [7, 11) is 0. The molecule has 3 heterocycles. The number of rotatable bonds is 9. The number of carbonyl (C=O) groups excluding carboxylic acids is 1. The highest BCUT2D eigenvalue weighted by Gasteiger charge is 2.70. The van der Waals surface area contributed by atoms with Gasteiger partial charge in [0.15, 0.2) is 18.7 Å². The summed E-state index contributed by atoms with van der Waals surface area (Å²) in [5.41, 5.74) is -0.309. The summed E-state index contributed by atoms with van der Waals surface area (Å²) in [6.45, 7) is 14.5. The highest BCUT2D eigenvalue weighted by atomic mass is 16.8. The Morgan fingerprint density at radius 3 is 1.89 bits per heavy atom. The number of carbonyl (C=O) groups is 2. The smallest absolute Gasteiger partial charge is 0.340 e. The van der Waals surface area contributed by atoms with Crippen molar-refractivity contribution in [1.82, 2.24) is 0 Å². The highest BCUT2D eigenvalue weighted by molar-refractivity contribution is 5.77. The lowest BCUT2D eigenvalue weighted by molar-refractivity contribution is -0.347. The van der Waals surface area contributed by atoms with Gasteiger partial charge in [-0.05, 0) is 109 Å². The van der Waals surface area contributed by atoms with Gasteiger partial charge < -0.3 is 79.5 Å². The van der Waals surface area contributed by atoms with Crippen LogP contribution in [0.5, 0.6) is 0 Å². The summed E-state index contributed by atoms with van der Waals surface area (Å²) in [5.74, 6) is -1.60. The maximum Gasteiger partial charge on any atom is 0.340 e. The van der Waals surface area contributed by atoms with E-state index in [2.05, 4.69) is 54.5 Å². The number of carboxylic acids is 1. The van der Waals surface area contributed by atoms with Gasteiger partial charge in [-0.25, -0.2) is 4.79 Å². The molecule has 0 aromatic heterocycles. The molecule has 0 amide bonds. The molecule has 3 saturated heterocycles. The molecule has 65 heavy (non-hydrogen) atoms. The van der Waals surface area contributed by atoms with E-state index in [4.69, 9.17) is 28.4 Å². The number of hydrogen-bond donors (Lipinski definition) is 10. The number of aliphatic hydroxyl groups excluding tert-OH is 9. The molecule has 8 aliphatic rings. The van der Waals surface area contributed by atoms with Crippen molar-refractivity contribution in [1.29, 1.82) is 0 Å². The Balaban J connectivity index is 1.04. The SMILES string of the molecule is CC1(C)CCC2(C(=O)O)CCC3(C)C(=CCC4C5(C)CCC(OC6OC(C(=O)OC7OC(CO)C(O)C(O)C7O)C(OC7OC(CO)C(O)C7O)C(O)C6O)C(C)(C)C5CCC43C)C2C1. The van der Waals surface area contributed by atoms with Gasteiger partial charge in [-0.15, -0.1) is 0 Å². The topological polar surface area (TPSA) is 292 Å². The Morgan fingerprint density at radius 1 is 0.662 bits per heavy atom. The average molecular weight is 927 g/mol. The Hall–Kier alpha value is -1.88. The number of aliphatic hydroxyl groups is 9. The first kappa shape index (κ1) is 49.5. The summed E-state index contributed by atoms with van der Waals surface area (Å²) in [5, 5.41) is 106. The van der Waals surface area contributed by atoms with Crippen molar-refractivity contribution in [2.75, 3.05) is 13.2 Å². The molecule has 0 radical (unpaired) electrons. The van der Waals surface area contributed by atoms with Crippen LogP contribution in [-0.4, -0.2) is 168 Å². The minimum Gasteiger partial charge on any atom is -0.481 e. The van der Waals surface area contributed by atoms with Crippen LogP contribution in [0, 0.1) is 50.2 Å². The van der Waals surface area contributed by atoms with Crippen LogP contribution in [0.4, 0.5) is 0 Å². The van der Waals surface area contributed by atoms with Gasteiger partial charge in [0.25, 0.3) is 0 Å². The van der Waals surface area contributed by atoms with Crippen molar-refractivity contribution in [2.45, 2.75) is 205 Å². The first-order valence-electron chi connectivity index (χ1n) is 23.7. The Bertz CT molecular complexity index is 1820. The number of allylic oxidation sites excluding steroid dienone is 2. The maximum absolute atomic E-state index is 14.0. The molecule has 0 bridgehead atoms. The van der Waals surface area contributed by atoms with E-state index in [0.29, 0.717) is 19.3 Å². The second-order valence-electron chi connectivity index (χ2n) is 23.0. The van der Waals surface area contributed by atoms with Crippen molar-refractivity contribution in [3.63, 3.8) is 0 Å².